The van der Waals surface area contributed by atoms with E-state index in [0.29, 0.717) is 11.1 Å². The Labute approximate surface area is 152 Å². The lowest BCUT2D eigenvalue weighted by Crippen LogP contribution is -2.35. The second-order valence-corrected chi connectivity index (χ2v) is 6.33. The topological polar surface area (TPSA) is 92.8 Å². The van der Waals surface area contributed by atoms with Crippen LogP contribution in [0, 0.1) is 0 Å². The Morgan fingerprint density at radius 2 is 1.77 bits per heavy atom. The van der Waals surface area contributed by atoms with Crippen molar-refractivity contribution >= 4 is 23.7 Å². The number of carbonyl (C=O) groups is 4. The number of ether oxygens (including phenoxy) is 1. The maximum atomic E-state index is 12.2. The first-order chi connectivity index (χ1) is 12.4. The van der Waals surface area contributed by atoms with Crippen molar-refractivity contribution < 1.29 is 23.9 Å². The molecule has 0 aliphatic carbocycles. The molecule has 0 radical (unpaired) electrons. The molecular weight excluding hydrogens is 336 g/mol. The molecule has 1 N–H and O–H groups in total. The number of rotatable bonds is 9. The van der Waals surface area contributed by atoms with E-state index in [1.807, 2.05) is 13.8 Å². The van der Waals surface area contributed by atoms with Gasteiger partial charge in [-0.25, -0.2) is 0 Å². The maximum Gasteiger partial charge on any atom is 0.306 e. The third-order valence-electron chi connectivity index (χ3n) is 4.13. The van der Waals surface area contributed by atoms with Crippen LogP contribution < -0.4 is 5.32 Å². The quantitative estimate of drug-likeness (QED) is 0.536. The standard InChI is InChI=1S/C19H24N2O5/c1-3-7-13(2)20-16(22)12-26-17(23)10-6-11-21-18(24)14-8-4-5-9-15(14)19(21)25/h4-5,8-9,13H,3,6-7,10-12H2,1-2H3,(H,20,22)/t13-/m1/s1. The van der Waals surface area contributed by atoms with Crippen molar-refractivity contribution in [2.75, 3.05) is 13.2 Å². The van der Waals surface area contributed by atoms with Gasteiger partial charge in [-0.1, -0.05) is 25.5 Å². The van der Waals surface area contributed by atoms with Crippen molar-refractivity contribution in [2.45, 2.75) is 45.6 Å². The molecule has 1 aliphatic rings. The molecule has 26 heavy (non-hydrogen) atoms. The number of imide groups is 1. The van der Waals surface area contributed by atoms with E-state index in [-0.39, 0.29) is 49.8 Å². The number of hydrogen-bond donors (Lipinski definition) is 1. The molecule has 140 valence electrons. The Morgan fingerprint density at radius 1 is 1.15 bits per heavy atom. The van der Waals surface area contributed by atoms with Crippen LogP contribution in [-0.4, -0.2) is 47.8 Å². The zero-order chi connectivity index (χ0) is 19.1. The lowest BCUT2D eigenvalue weighted by molar-refractivity contribution is -0.148. The molecule has 2 rings (SSSR count). The highest BCUT2D eigenvalue weighted by molar-refractivity contribution is 6.21. The van der Waals surface area contributed by atoms with Crippen molar-refractivity contribution in [1.82, 2.24) is 10.2 Å². The van der Waals surface area contributed by atoms with Crippen molar-refractivity contribution in [3.8, 4) is 0 Å². The number of nitrogens with one attached hydrogen (secondary N) is 1. The van der Waals surface area contributed by atoms with Gasteiger partial charge < -0.3 is 10.1 Å². The lowest BCUT2D eigenvalue weighted by atomic mass is 10.1. The summed E-state index contributed by atoms with van der Waals surface area (Å²) in [6.45, 7) is 3.74. The van der Waals surface area contributed by atoms with Gasteiger partial charge in [0, 0.05) is 19.0 Å². The van der Waals surface area contributed by atoms with Crippen molar-refractivity contribution in [3.05, 3.63) is 35.4 Å². The summed E-state index contributed by atoms with van der Waals surface area (Å²) in [4.78, 5) is 48.9. The zero-order valence-electron chi connectivity index (χ0n) is 15.1. The summed E-state index contributed by atoms with van der Waals surface area (Å²) in [6.07, 6.45) is 2.14. The van der Waals surface area contributed by atoms with E-state index in [1.165, 1.54) is 0 Å². The molecule has 0 spiro atoms. The van der Waals surface area contributed by atoms with Gasteiger partial charge >= 0.3 is 5.97 Å². The van der Waals surface area contributed by atoms with Gasteiger partial charge in [0.15, 0.2) is 6.61 Å². The molecule has 0 bridgehead atoms. The van der Waals surface area contributed by atoms with Crippen LogP contribution >= 0.6 is 0 Å². The smallest absolute Gasteiger partial charge is 0.306 e. The summed E-state index contributed by atoms with van der Waals surface area (Å²) in [6, 6.07) is 6.68. The molecule has 1 aromatic rings. The molecule has 7 nitrogen and oxygen atoms in total. The van der Waals surface area contributed by atoms with E-state index in [9.17, 15) is 19.2 Å². The summed E-state index contributed by atoms with van der Waals surface area (Å²) < 4.78 is 4.92. The second-order valence-electron chi connectivity index (χ2n) is 6.33. The molecule has 0 fully saturated rings. The Hall–Kier alpha value is -2.70. The van der Waals surface area contributed by atoms with Gasteiger partial charge in [-0.15, -0.1) is 0 Å². The van der Waals surface area contributed by atoms with Gasteiger partial charge in [0.2, 0.25) is 0 Å². The fourth-order valence-electron chi connectivity index (χ4n) is 2.86. The van der Waals surface area contributed by atoms with Gasteiger partial charge in [-0.05, 0) is 31.9 Å². The summed E-state index contributed by atoms with van der Waals surface area (Å²) in [5.74, 6) is -1.55. The second kappa shape index (κ2) is 9.12. The highest BCUT2D eigenvalue weighted by Crippen LogP contribution is 2.22. The van der Waals surface area contributed by atoms with Crippen LogP contribution in [-0.2, 0) is 14.3 Å². The molecule has 1 atom stereocenters. The highest BCUT2D eigenvalue weighted by atomic mass is 16.5. The van der Waals surface area contributed by atoms with Crippen LogP contribution in [0.25, 0.3) is 0 Å². The fourth-order valence-corrected chi connectivity index (χ4v) is 2.86. The molecule has 1 aliphatic heterocycles. The number of hydrogen-bond acceptors (Lipinski definition) is 5. The minimum Gasteiger partial charge on any atom is -0.456 e. The molecule has 3 amide bonds. The fraction of sp³-hybridized carbons (Fsp3) is 0.474. The first-order valence-corrected chi connectivity index (χ1v) is 8.84. The SMILES string of the molecule is CCC[C@@H](C)NC(=O)COC(=O)CCCN1C(=O)c2ccccc2C1=O. The first-order valence-electron chi connectivity index (χ1n) is 8.84. The molecule has 0 aromatic heterocycles. The number of carbonyl (C=O) groups excluding carboxylic acids is 4. The molecule has 7 heteroatoms. The summed E-state index contributed by atoms with van der Waals surface area (Å²) in [7, 11) is 0. The minimum absolute atomic E-state index is 0.0329. The largest absolute Gasteiger partial charge is 0.456 e. The van der Waals surface area contributed by atoms with E-state index in [0.717, 1.165) is 17.7 Å². The third-order valence-corrected chi connectivity index (χ3v) is 4.13. The van der Waals surface area contributed by atoms with E-state index in [4.69, 9.17) is 4.74 Å². The normalized spacial score (nSPS) is 14.2. The Kier molecular flexibility index (Phi) is 6.89. The third kappa shape index (κ3) is 4.91. The van der Waals surface area contributed by atoms with E-state index < -0.39 is 5.97 Å². The van der Waals surface area contributed by atoms with Crippen molar-refractivity contribution in [1.29, 1.82) is 0 Å². The van der Waals surface area contributed by atoms with Gasteiger partial charge in [0.25, 0.3) is 17.7 Å². The van der Waals surface area contributed by atoms with Gasteiger partial charge in [0.05, 0.1) is 11.1 Å². The van der Waals surface area contributed by atoms with Crippen LogP contribution in [0.3, 0.4) is 0 Å². The minimum atomic E-state index is -0.528. The Morgan fingerprint density at radius 3 is 2.35 bits per heavy atom. The van der Waals surface area contributed by atoms with Crippen LogP contribution in [0.2, 0.25) is 0 Å². The van der Waals surface area contributed by atoms with Crippen molar-refractivity contribution in [2.24, 2.45) is 0 Å². The summed E-state index contributed by atoms with van der Waals surface area (Å²) >= 11 is 0. The number of nitrogens with zero attached hydrogens (tertiary/aromatic N) is 1. The van der Waals surface area contributed by atoms with Gasteiger partial charge in [-0.2, -0.15) is 0 Å². The summed E-state index contributed by atoms with van der Waals surface area (Å²) in [5, 5.41) is 2.75. The van der Waals surface area contributed by atoms with Crippen LogP contribution in [0.5, 0.6) is 0 Å². The highest BCUT2D eigenvalue weighted by Gasteiger charge is 2.34. The molecule has 0 saturated heterocycles. The Balaban J connectivity index is 1.70. The molecular formula is C19H24N2O5. The van der Waals surface area contributed by atoms with Gasteiger partial charge in [-0.3, -0.25) is 24.1 Å². The molecule has 1 aromatic carbocycles. The van der Waals surface area contributed by atoms with Crippen molar-refractivity contribution in [3.63, 3.8) is 0 Å². The first kappa shape index (κ1) is 19.6. The lowest BCUT2D eigenvalue weighted by Gasteiger charge is -2.14. The number of fused-ring (bicyclic) bond motifs is 1. The van der Waals surface area contributed by atoms with E-state index >= 15 is 0 Å². The van der Waals surface area contributed by atoms with Crippen LogP contribution in [0.1, 0.15) is 60.2 Å². The summed E-state index contributed by atoms with van der Waals surface area (Å²) in [5.41, 5.74) is 0.774. The van der Waals surface area contributed by atoms with Gasteiger partial charge in [0.1, 0.15) is 0 Å². The average Bonchev–Trinajstić information content (AvgIpc) is 2.85. The predicted molar refractivity (Wildman–Crippen MR) is 94.5 cm³/mol. The number of amides is 3. The van der Waals surface area contributed by atoms with E-state index in [1.54, 1.807) is 24.3 Å². The van der Waals surface area contributed by atoms with Crippen LogP contribution in [0.15, 0.2) is 24.3 Å². The van der Waals surface area contributed by atoms with E-state index in [2.05, 4.69) is 5.32 Å². The monoisotopic (exact) mass is 360 g/mol. The zero-order valence-corrected chi connectivity index (χ0v) is 15.1. The average molecular weight is 360 g/mol. The molecule has 1 heterocycles. The molecule has 0 unspecified atom stereocenters. The number of benzene rings is 1. The number of esters is 1. The molecule has 0 saturated carbocycles. The predicted octanol–water partition coefficient (Wildman–Crippen LogP) is 1.91. The Bertz CT molecular complexity index is 666. The maximum absolute atomic E-state index is 12.2. The van der Waals surface area contributed by atoms with Crippen LogP contribution in [0.4, 0.5) is 0 Å².